The molecule has 4 amide bonds. The summed E-state index contributed by atoms with van der Waals surface area (Å²) in [5, 5.41) is 11.1. The van der Waals surface area contributed by atoms with Crippen molar-refractivity contribution < 1.29 is 38.2 Å². The predicted molar refractivity (Wildman–Crippen MR) is 182 cm³/mol. The molecule has 3 aliphatic rings. The summed E-state index contributed by atoms with van der Waals surface area (Å²) in [7, 11) is 1.33. The summed E-state index contributed by atoms with van der Waals surface area (Å²) < 4.78 is 18.2. The maximum atomic E-state index is 13.0. The first-order valence-corrected chi connectivity index (χ1v) is 17.0. The number of rotatable bonds is 10. The van der Waals surface area contributed by atoms with Crippen LogP contribution in [0.3, 0.4) is 0 Å². The molecule has 0 aliphatic carbocycles. The van der Waals surface area contributed by atoms with Crippen molar-refractivity contribution >= 4 is 35.3 Å². The fraction of sp³-hybridized carbons (Fsp3) is 0.432. The number of esters is 1. The van der Waals surface area contributed by atoms with E-state index in [1.165, 1.54) is 12.0 Å². The van der Waals surface area contributed by atoms with Crippen LogP contribution in [0.25, 0.3) is 0 Å². The van der Waals surface area contributed by atoms with E-state index < -0.39 is 17.9 Å². The van der Waals surface area contributed by atoms with Crippen molar-refractivity contribution in [3.8, 4) is 11.8 Å². The molecular weight excluding hydrogens is 656 g/mol. The predicted octanol–water partition coefficient (Wildman–Crippen LogP) is 2.78. The van der Waals surface area contributed by atoms with Gasteiger partial charge in [-0.15, -0.1) is 5.10 Å². The summed E-state index contributed by atoms with van der Waals surface area (Å²) in [6.45, 7) is 6.86. The molecule has 0 radical (unpaired) electrons. The van der Waals surface area contributed by atoms with Crippen LogP contribution in [-0.2, 0) is 41.7 Å². The Morgan fingerprint density at radius 1 is 1.10 bits per heavy atom. The van der Waals surface area contributed by atoms with E-state index in [1.807, 2.05) is 19.2 Å². The highest BCUT2D eigenvalue weighted by Crippen LogP contribution is 2.44. The SMILES string of the molecule is CC[C@H]1[C@@H](C)[C@H](n2cc(COCCOCC#Cc3cccc4c3CN(C3CCC(=O)NC3=O)C4=O)nn2)c2cc(C(=O)OC)ccc2N1C(C)=O. The Morgan fingerprint density at radius 2 is 1.90 bits per heavy atom. The van der Waals surface area contributed by atoms with E-state index in [0.29, 0.717) is 42.0 Å². The first kappa shape index (κ1) is 35.4. The molecule has 6 rings (SSSR count). The summed E-state index contributed by atoms with van der Waals surface area (Å²) in [6, 6.07) is 9.50. The minimum atomic E-state index is -0.683. The minimum absolute atomic E-state index is 0.0361. The van der Waals surface area contributed by atoms with Gasteiger partial charge in [0.25, 0.3) is 5.91 Å². The van der Waals surface area contributed by atoms with Crippen LogP contribution < -0.4 is 10.2 Å². The Labute approximate surface area is 295 Å². The lowest BCUT2D eigenvalue weighted by Crippen LogP contribution is -2.52. The molecule has 0 saturated carbocycles. The molecule has 4 atom stereocenters. The number of hydrogen-bond donors (Lipinski definition) is 1. The number of amides is 4. The lowest BCUT2D eigenvalue weighted by molar-refractivity contribution is -0.137. The van der Waals surface area contributed by atoms with Crippen molar-refractivity contribution in [3.63, 3.8) is 0 Å². The van der Waals surface area contributed by atoms with Gasteiger partial charge in [0.15, 0.2) is 0 Å². The summed E-state index contributed by atoms with van der Waals surface area (Å²) in [6.07, 6.45) is 3.05. The highest BCUT2D eigenvalue weighted by atomic mass is 16.5. The number of piperidine rings is 1. The topological polar surface area (TPSA) is 162 Å². The standard InChI is InChI=1S/C37H40N6O8/c1-5-30-22(2)34(28-18-25(37(48)49-4)11-12-31(28)43(30)23(3)44)42-19-26(39-40-42)21-51-17-16-50-15-7-9-24-8-6-10-27-29(24)20-41(36(27)47)32-13-14-33(45)38-35(32)46/h6,8,10-12,18-19,22,30,32,34H,5,13-17,20-21H2,1-4H3,(H,38,45,46)/t22-,30+,32?,34+/m1/s1. The number of aromatic nitrogens is 3. The fourth-order valence-electron chi connectivity index (χ4n) is 7.27. The largest absolute Gasteiger partial charge is 0.465 e. The Kier molecular flexibility index (Phi) is 10.6. The summed E-state index contributed by atoms with van der Waals surface area (Å²) in [5.74, 6) is 4.48. The molecule has 14 heteroatoms. The van der Waals surface area contributed by atoms with Gasteiger partial charge < -0.3 is 24.0 Å². The minimum Gasteiger partial charge on any atom is -0.465 e. The van der Waals surface area contributed by atoms with Crippen LogP contribution in [-0.4, -0.2) is 88.5 Å². The number of carbonyl (C=O) groups is 5. The van der Waals surface area contributed by atoms with E-state index in [9.17, 15) is 24.0 Å². The van der Waals surface area contributed by atoms with Gasteiger partial charge >= 0.3 is 5.97 Å². The van der Waals surface area contributed by atoms with E-state index in [4.69, 9.17) is 14.2 Å². The number of imide groups is 1. The summed E-state index contributed by atoms with van der Waals surface area (Å²) in [4.78, 5) is 65.4. The van der Waals surface area contributed by atoms with Crippen LogP contribution in [0.2, 0.25) is 0 Å². The molecule has 1 fully saturated rings. The monoisotopic (exact) mass is 696 g/mol. The van der Waals surface area contributed by atoms with Crippen molar-refractivity contribution in [2.45, 2.75) is 71.3 Å². The second kappa shape index (κ2) is 15.2. The highest BCUT2D eigenvalue weighted by Gasteiger charge is 2.42. The highest BCUT2D eigenvalue weighted by molar-refractivity contribution is 6.05. The van der Waals surface area contributed by atoms with Crippen LogP contribution in [0, 0.1) is 17.8 Å². The van der Waals surface area contributed by atoms with Crippen molar-refractivity contribution in [1.82, 2.24) is 25.2 Å². The second-order valence-corrected chi connectivity index (χ2v) is 12.8. The average molecular weight is 697 g/mol. The molecule has 14 nitrogen and oxygen atoms in total. The normalized spacial score (nSPS) is 21.1. The first-order valence-electron chi connectivity index (χ1n) is 17.0. The van der Waals surface area contributed by atoms with Gasteiger partial charge in [-0.2, -0.15) is 0 Å². The Hall–Kier alpha value is -5.39. The second-order valence-electron chi connectivity index (χ2n) is 12.8. The third-order valence-electron chi connectivity index (χ3n) is 9.66. The third-order valence-corrected chi connectivity index (χ3v) is 9.66. The van der Waals surface area contributed by atoms with Gasteiger partial charge in [0.1, 0.15) is 18.3 Å². The van der Waals surface area contributed by atoms with E-state index in [1.54, 1.807) is 46.8 Å². The molecule has 1 N–H and O–H groups in total. The molecule has 51 heavy (non-hydrogen) atoms. The molecule has 0 bridgehead atoms. The number of fused-ring (bicyclic) bond motifs is 2. The van der Waals surface area contributed by atoms with Crippen LogP contribution in [0.4, 0.5) is 5.69 Å². The van der Waals surface area contributed by atoms with Crippen molar-refractivity contribution in [2.24, 2.45) is 5.92 Å². The number of benzene rings is 2. The van der Waals surface area contributed by atoms with Gasteiger partial charge in [-0.1, -0.05) is 37.0 Å². The van der Waals surface area contributed by atoms with Crippen LogP contribution in [0.1, 0.15) is 89.2 Å². The molecule has 0 spiro atoms. The number of methoxy groups -OCH3 is 1. The molecule has 3 aliphatic heterocycles. The van der Waals surface area contributed by atoms with E-state index in [-0.39, 0.29) is 61.9 Å². The Balaban J connectivity index is 1.03. The Morgan fingerprint density at radius 3 is 2.65 bits per heavy atom. The van der Waals surface area contributed by atoms with Crippen LogP contribution >= 0.6 is 0 Å². The van der Waals surface area contributed by atoms with Gasteiger partial charge in [0, 0.05) is 54.2 Å². The maximum Gasteiger partial charge on any atom is 0.337 e. The van der Waals surface area contributed by atoms with Gasteiger partial charge in [-0.25, -0.2) is 9.48 Å². The zero-order valence-corrected chi connectivity index (χ0v) is 29.0. The summed E-state index contributed by atoms with van der Waals surface area (Å²) in [5.41, 5.74) is 4.48. The number of carbonyl (C=O) groups excluding carboxylic acids is 5. The molecule has 4 heterocycles. The Bertz CT molecular complexity index is 1930. The maximum absolute atomic E-state index is 13.0. The van der Waals surface area contributed by atoms with Crippen molar-refractivity contribution in [1.29, 1.82) is 0 Å². The van der Waals surface area contributed by atoms with Crippen molar-refractivity contribution in [2.75, 3.05) is 31.8 Å². The number of hydrogen-bond acceptors (Lipinski definition) is 10. The van der Waals surface area contributed by atoms with Crippen LogP contribution in [0.15, 0.2) is 42.6 Å². The van der Waals surface area contributed by atoms with Gasteiger partial charge in [-0.3, -0.25) is 24.5 Å². The van der Waals surface area contributed by atoms with Crippen LogP contribution in [0.5, 0.6) is 0 Å². The lowest BCUT2D eigenvalue weighted by atomic mass is 9.80. The number of anilines is 1. The van der Waals surface area contributed by atoms with E-state index in [0.717, 1.165) is 23.2 Å². The molecule has 1 unspecified atom stereocenters. The number of nitrogens with one attached hydrogen (secondary N) is 1. The molecule has 3 aromatic rings. The molecule has 266 valence electrons. The smallest absolute Gasteiger partial charge is 0.337 e. The quantitative estimate of drug-likeness (QED) is 0.144. The van der Waals surface area contributed by atoms with Gasteiger partial charge in [-0.05, 0) is 48.7 Å². The fourth-order valence-corrected chi connectivity index (χ4v) is 7.27. The summed E-state index contributed by atoms with van der Waals surface area (Å²) >= 11 is 0. The zero-order valence-electron chi connectivity index (χ0n) is 29.0. The molecule has 1 saturated heterocycles. The molecule has 2 aromatic carbocycles. The van der Waals surface area contributed by atoms with E-state index in [2.05, 4.69) is 34.4 Å². The first-order chi connectivity index (χ1) is 24.6. The number of nitrogens with zero attached hydrogens (tertiary/aromatic N) is 5. The number of ether oxygens (including phenoxy) is 3. The van der Waals surface area contributed by atoms with E-state index >= 15 is 0 Å². The van der Waals surface area contributed by atoms with Gasteiger partial charge in [0.2, 0.25) is 17.7 Å². The molecular formula is C37H40N6O8. The third kappa shape index (κ3) is 7.13. The average Bonchev–Trinajstić information content (AvgIpc) is 3.72. The lowest BCUT2D eigenvalue weighted by Gasteiger charge is -2.44. The zero-order chi connectivity index (χ0) is 36.2. The molecule has 1 aromatic heterocycles. The van der Waals surface area contributed by atoms with Crippen molar-refractivity contribution in [3.05, 3.63) is 76.1 Å². The van der Waals surface area contributed by atoms with Gasteiger partial charge in [0.05, 0.1) is 44.7 Å².